The fourth-order valence-electron chi connectivity index (χ4n) is 3.36. The van der Waals surface area contributed by atoms with Gasteiger partial charge in [0, 0.05) is 53.4 Å². The Hall–Kier alpha value is -2.49. The van der Waals surface area contributed by atoms with E-state index in [-0.39, 0.29) is 11.8 Å². The number of thioether (sulfide) groups is 2. The maximum Gasteiger partial charge on any atom is 0.265 e. The van der Waals surface area contributed by atoms with Crippen molar-refractivity contribution in [1.82, 2.24) is 15.2 Å². The van der Waals surface area contributed by atoms with Gasteiger partial charge in [-0.3, -0.25) is 15.0 Å². The van der Waals surface area contributed by atoms with Crippen molar-refractivity contribution in [1.29, 1.82) is 5.41 Å². The van der Waals surface area contributed by atoms with Crippen LogP contribution in [0.25, 0.3) is 0 Å². The molecule has 0 radical (unpaired) electrons. The molecule has 0 atom stereocenters. The molecule has 1 aromatic carbocycles. The minimum absolute atomic E-state index is 0.273. The molecule has 2 aliphatic heterocycles. The number of anilines is 1. The zero-order valence-electron chi connectivity index (χ0n) is 17.2. The molecule has 0 saturated carbocycles. The summed E-state index contributed by atoms with van der Waals surface area (Å²) >= 11 is 9.13. The number of rotatable bonds is 5. The van der Waals surface area contributed by atoms with Crippen molar-refractivity contribution in [2.24, 2.45) is 0 Å². The fraction of sp³-hybridized carbons (Fsp3) is 0.273. The molecule has 1 aromatic heterocycles. The number of carbonyl (C=O) groups excluding carboxylic acids is 2. The number of aromatic nitrogens is 1. The van der Waals surface area contributed by atoms with E-state index in [0.717, 1.165) is 35.9 Å². The quantitative estimate of drug-likeness (QED) is 0.438. The van der Waals surface area contributed by atoms with Gasteiger partial charge in [-0.25, -0.2) is 4.98 Å². The van der Waals surface area contributed by atoms with Crippen molar-refractivity contribution in [3.8, 4) is 0 Å². The monoisotopic (exact) mass is 487 g/mol. The molecular formula is C22H22ClN5O2S2. The standard InChI is InChI=1S/C22H22ClN5O2S2/c23-16-5-6-18(25-13-16)27-22(30)19-17(7-10-32-19)26-21(29)15-3-1-14(2-4-15)20(24)28-8-11-31-12-9-28/h1-6,13,24H,7-12H2,(H,26,29)(H,25,27,30). The summed E-state index contributed by atoms with van der Waals surface area (Å²) in [5.74, 6) is 3.08. The van der Waals surface area contributed by atoms with Gasteiger partial charge in [-0.05, 0) is 30.7 Å². The topological polar surface area (TPSA) is 98.2 Å². The second kappa shape index (κ2) is 10.4. The summed E-state index contributed by atoms with van der Waals surface area (Å²) in [6, 6.07) is 10.3. The van der Waals surface area contributed by atoms with Crippen LogP contribution in [0, 0.1) is 5.41 Å². The molecule has 2 aliphatic rings. The SMILES string of the molecule is N=C(c1ccc(C(=O)NC2=C(C(=O)Nc3ccc(Cl)cn3)SCC2)cc1)N1CCSCC1. The van der Waals surface area contributed by atoms with Crippen LogP contribution in [0.1, 0.15) is 22.3 Å². The number of carbonyl (C=O) groups is 2. The van der Waals surface area contributed by atoms with E-state index in [4.69, 9.17) is 17.0 Å². The molecule has 2 aromatic rings. The van der Waals surface area contributed by atoms with Crippen molar-refractivity contribution in [2.45, 2.75) is 6.42 Å². The molecule has 0 unspecified atom stereocenters. The Morgan fingerprint density at radius 1 is 0.969 bits per heavy atom. The normalized spacial score (nSPS) is 16.1. The molecule has 1 saturated heterocycles. The van der Waals surface area contributed by atoms with Gasteiger partial charge >= 0.3 is 0 Å². The van der Waals surface area contributed by atoms with E-state index in [2.05, 4.69) is 20.5 Å². The smallest absolute Gasteiger partial charge is 0.265 e. The Kier molecular flexibility index (Phi) is 7.39. The molecule has 10 heteroatoms. The van der Waals surface area contributed by atoms with Crippen LogP contribution in [-0.4, -0.2) is 57.9 Å². The number of hydrogen-bond donors (Lipinski definition) is 3. The van der Waals surface area contributed by atoms with Gasteiger partial charge in [0.25, 0.3) is 11.8 Å². The number of hydrogen-bond acceptors (Lipinski definition) is 6. The second-order valence-corrected chi connectivity index (χ2v) is 9.97. The molecule has 0 spiro atoms. The molecular weight excluding hydrogens is 466 g/mol. The van der Waals surface area contributed by atoms with E-state index >= 15 is 0 Å². The van der Waals surface area contributed by atoms with Gasteiger partial charge in [0.2, 0.25) is 0 Å². The van der Waals surface area contributed by atoms with E-state index in [1.54, 1.807) is 36.4 Å². The van der Waals surface area contributed by atoms with Crippen LogP contribution in [0.2, 0.25) is 5.02 Å². The highest BCUT2D eigenvalue weighted by atomic mass is 35.5. The van der Waals surface area contributed by atoms with Crippen LogP contribution < -0.4 is 10.6 Å². The van der Waals surface area contributed by atoms with Gasteiger partial charge in [-0.15, -0.1) is 11.8 Å². The highest BCUT2D eigenvalue weighted by Crippen LogP contribution is 2.31. The van der Waals surface area contributed by atoms with Crippen molar-refractivity contribution >= 4 is 58.6 Å². The Labute approximate surface area is 199 Å². The lowest BCUT2D eigenvalue weighted by Gasteiger charge is -2.28. The van der Waals surface area contributed by atoms with E-state index < -0.39 is 0 Å². The lowest BCUT2D eigenvalue weighted by Crippen LogP contribution is -2.37. The molecule has 3 heterocycles. The largest absolute Gasteiger partial charge is 0.355 e. The predicted molar refractivity (Wildman–Crippen MR) is 132 cm³/mol. The highest BCUT2D eigenvalue weighted by Gasteiger charge is 2.24. The van der Waals surface area contributed by atoms with E-state index in [1.807, 2.05) is 11.8 Å². The van der Waals surface area contributed by atoms with Crippen molar-refractivity contribution in [3.05, 3.63) is 69.3 Å². The van der Waals surface area contributed by atoms with Crippen LogP contribution in [0.3, 0.4) is 0 Å². The first-order valence-electron chi connectivity index (χ1n) is 10.1. The van der Waals surface area contributed by atoms with Gasteiger partial charge < -0.3 is 15.5 Å². The highest BCUT2D eigenvalue weighted by molar-refractivity contribution is 8.04. The predicted octanol–water partition coefficient (Wildman–Crippen LogP) is 3.83. The average Bonchev–Trinajstić information content (AvgIpc) is 3.29. The molecule has 0 aliphatic carbocycles. The Morgan fingerprint density at radius 3 is 2.38 bits per heavy atom. The first-order valence-corrected chi connectivity index (χ1v) is 12.6. The maximum absolute atomic E-state index is 12.8. The summed E-state index contributed by atoms with van der Waals surface area (Å²) in [6.45, 7) is 1.74. The van der Waals surface area contributed by atoms with Crippen LogP contribution >= 0.6 is 35.1 Å². The number of nitrogens with zero attached hydrogens (tertiary/aromatic N) is 2. The number of amidine groups is 1. The number of pyridine rings is 1. The van der Waals surface area contributed by atoms with Crippen LogP contribution in [0.5, 0.6) is 0 Å². The lowest BCUT2D eigenvalue weighted by molar-refractivity contribution is -0.112. The summed E-state index contributed by atoms with van der Waals surface area (Å²) in [4.78, 5) is 32.0. The summed E-state index contributed by atoms with van der Waals surface area (Å²) < 4.78 is 0. The van der Waals surface area contributed by atoms with Crippen molar-refractivity contribution < 1.29 is 9.59 Å². The third-order valence-electron chi connectivity index (χ3n) is 5.06. The number of nitrogens with one attached hydrogen (secondary N) is 3. The minimum atomic E-state index is -0.305. The minimum Gasteiger partial charge on any atom is -0.355 e. The molecule has 166 valence electrons. The van der Waals surface area contributed by atoms with Gasteiger partial charge in [-0.1, -0.05) is 23.7 Å². The molecule has 4 rings (SSSR count). The lowest BCUT2D eigenvalue weighted by atomic mass is 10.1. The number of halogens is 1. The van der Waals surface area contributed by atoms with Crippen LogP contribution in [-0.2, 0) is 4.79 Å². The van der Waals surface area contributed by atoms with E-state index in [0.29, 0.717) is 39.3 Å². The molecule has 0 bridgehead atoms. The molecule has 7 nitrogen and oxygen atoms in total. The Morgan fingerprint density at radius 2 is 1.69 bits per heavy atom. The average molecular weight is 488 g/mol. The summed E-state index contributed by atoms with van der Waals surface area (Å²) in [6.07, 6.45) is 2.06. The zero-order valence-corrected chi connectivity index (χ0v) is 19.6. The maximum atomic E-state index is 12.8. The molecule has 32 heavy (non-hydrogen) atoms. The Bertz CT molecular complexity index is 1050. The Balaban J connectivity index is 1.41. The second-order valence-electron chi connectivity index (χ2n) is 7.20. The van der Waals surface area contributed by atoms with E-state index in [1.165, 1.54) is 18.0 Å². The van der Waals surface area contributed by atoms with Crippen LogP contribution in [0.15, 0.2) is 53.2 Å². The molecule has 3 N–H and O–H groups in total. The molecule has 2 amide bonds. The van der Waals surface area contributed by atoms with Gasteiger partial charge in [0.05, 0.1) is 9.93 Å². The van der Waals surface area contributed by atoms with Crippen molar-refractivity contribution in [3.63, 3.8) is 0 Å². The van der Waals surface area contributed by atoms with E-state index in [9.17, 15) is 9.59 Å². The first-order chi connectivity index (χ1) is 15.5. The number of amides is 2. The summed E-state index contributed by atoms with van der Waals surface area (Å²) in [7, 11) is 0. The summed E-state index contributed by atoms with van der Waals surface area (Å²) in [5, 5.41) is 14.5. The number of benzene rings is 1. The van der Waals surface area contributed by atoms with Crippen molar-refractivity contribution in [2.75, 3.05) is 35.7 Å². The van der Waals surface area contributed by atoms with Gasteiger partial charge in [0.1, 0.15) is 11.7 Å². The summed E-state index contributed by atoms with van der Waals surface area (Å²) in [5.41, 5.74) is 1.88. The van der Waals surface area contributed by atoms with Gasteiger partial charge in [-0.2, -0.15) is 11.8 Å². The fourth-order valence-corrected chi connectivity index (χ4v) is 5.39. The zero-order chi connectivity index (χ0) is 22.5. The first kappa shape index (κ1) is 22.7. The third kappa shape index (κ3) is 5.46. The van der Waals surface area contributed by atoms with Gasteiger partial charge in [0.15, 0.2) is 0 Å². The third-order valence-corrected chi connectivity index (χ3v) is 7.35. The number of allylic oxidation sites excluding steroid dienone is 1. The molecule has 1 fully saturated rings. The van der Waals surface area contributed by atoms with Crippen LogP contribution in [0.4, 0.5) is 5.82 Å².